The first-order valence-corrected chi connectivity index (χ1v) is 12.2. The van der Waals surface area contributed by atoms with Crippen LogP contribution < -0.4 is 10.6 Å². The molecule has 1 amide bonds. The Morgan fingerprint density at radius 3 is 2.68 bits per heavy atom. The fourth-order valence-corrected chi connectivity index (χ4v) is 5.48. The van der Waals surface area contributed by atoms with Crippen molar-refractivity contribution in [1.29, 1.82) is 0 Å². The van der Waals surface area contributed by atoms with Crippen LogP contribution in [-0.4, -0.2) is 55.3 Å². The van der Waals surface area contributed by atoms with Gasteiger partial charge in [0.25, 0.3) is 0 Å². The Morgan fingerprint density at radius 2 is 1.95 bits per heavy atom. The molecule has 3 atom stereocenters. The molecular formula is C25H22F3N7O3. The zero-order valence-electron chi connectivity index (χ0n) is 19.8. The van der Waals surface area contributed by atoms with E-state index >= 15 is 4.39 Å². The number of ether oxygens (including phenoxy) is 2. The van der Waals surface area contributed by atoms with Gasteiger partial charge >= 0.3 is 6.09 Å². The molecule has 0 spiro atoms. The second kappa shape index (κ2) is 8.45. The summed E-state index contributed by atoms with van der Waals surface area (Å²) in [6, 6.07) is 6.38. The highest BCUT2D eigenvalue weighted by atomic mass is 19.1. The van der Waals surface area contributed by atoms with Gasteiger partial charge in [-0.1, -0.05) is 0 Å². The Balaban J connectivity index is 1.05. The molecule has 196 valence electrons. The van der Waals surface area contributed by atoms with Crippen molar-refractivity contribution < 1.29 is 27.4 Å². The molecule has 2 bridgehead atoms. The lowest BCUT2D eigenvalue weighted by atomic mass is 9.50. The molecule has 3 aromatic heterocycles. The maximum Gasteiger partial charge on any atom is 0.408 e. The minimum Gasteiger partial charge on any atom is -0.441 e. The summed E-state index contributed by atoms with van der Waals surface area (Å²) < 4.78 is 54.9. The van der Waals surface area contributed by atoms with Gasteiger partial charge in [0.05, 0.1) is 18.0 Å². The number of carbonyl (C=O) groups excluding carboxylic acids is 1. The van der Waals surface area contributed by atoms with E-state index in [2.05, 4.69) is 30.9 Å². The molecule has 3 aliphatic carbocycles. The van der Waals surface area contributed by atoms with Crippen molar-refractivity contribution in [3.63, 3.8) is 0 Å². The Kier molecular flexibility index (Phi) is 5.12. The van der Waals surface area contributed by atoms with Crippen LogP contribution in [-0.2, 0) is 9.47 Å². The van der Waals surface area contributed by atoms with E-state index in [9.17, 15) is 13.6 Å². The number of fused-ring (bicyclic) bond motifs is 1. The molecule has 4 aromatic rings. The van der Waals surface area contributed by atoms with E-state index in [-0.39, 0.29) is 17.7 Å². The summed E-state index contributed by atoms with van der Waals surface area (Å²) in [5, 5.41) is 17.2. The van der Waals surface area contributed by atoms with Crippen LogP contribution in [0.1, 0.15) is 31.1 Å². The molecule has 38 heavy (non-hydrogen) atoms. The van der Waals surface area contributed by atoms with E-state index in [1.165, 1.54) is 22.8 Å². The molecule has 1 aromatic carbocycles. The first-order valence-electron chi connectivity index (χ1n) is 12.2. The average Bonchev–Trinajstić information content (AvgIpc) is 3.55. The van der Waals surface area contributed by atoms with Gasteiger partial charge in [-0.25, -0.2) is 27.5 Å². The van der Waals surface area contributed by atoms with E-state index in [0.29, 0.717) is 34.5 Å². The van der Waals surface area contributed by atoms with E-state index < -0.39 is 36.1 Å². The van der Waals surface area contributed by atoms with Crippen LogP contribution in [0.5, 0.6) is 0 Å². The number of halogens is 3. The lowest BCUT2D eigenvalue weighted by molar-refractivity contribution is -0.0528. The SMILES string of the molecule is O=C(NC12CC(C1)C2)O[C@H]1CO[C@@H](c2cc(Nc3nccn4nc(-c5cc(F)cc(F)c5)cc34)n[nH]2)[C@@H]1F. The van der Waals surface area contributed by atoms with Crippen molar-refractivity contribution >= 4 is 23.2 Å². The van der Waals surface area contributed by atoms with Gasteiger partial charge in [0.1, 0.15) is 23.3 Å². The molecule has 3 saturated carbocycles. The van der Waals surface area contributed by atoms with Gasteiger partial charge in [0, 0.05) is 35.6 Å². The van der Waals surface area contributed by atoms with Crippen molar-refractivity contribution in [3.8, 4) is 11.3 Å². The molecule has 1 aliphatic heterocycles. The van der Waals surface area contributed by atoms with Crippen molar-refractivity contribution in [2.24, 2.45) is 5.92 Å². The first-order chi connectivity index (χ1) is 18.3. The first kappa shape index (κ1) is 23.0. The van der Waals surface area contributed by atoms with Gasteiger partial charge in [0.2, 0.25) is 0 Å². The second-order valence-electron chi connectivity index (χ2n) is 10.2. The normalized spacial score (nSPS) is 27.6. The van der Waals surface area contributed by atoms with Gasteiger partial charge < -0.3 is 20.1 Å². The monoisotopic (exact) mass is 525 g/mol. The largest absolute Gasteiger partial charge is 0.441 e. The molecule has 10 nitrogen and oxygen atoms in total. The molecule has 0 unspecified atom stereocenters. The number of alkyl halides is 1. The van der Waals surface area contributed by atoms with Crippen molar-refractivity contribution in [3.05, 3.63) is 60.1 Å². The van der Waals surface area contributed by atoms with E-state index in [4.69, 9.17) is 9.47 Å². The number of carbonyl (C=O) groups is 1. The quantitative estimate of drug-likeness (QED) is 0.345. The number of hydrogen-bond donors (Lipinski definition) is 3. The molecule has 4 fully saturated rings. The summed E-state index contributed by atoms with van der Waals surface area (Å²) >= 11 is 0. The standard InChI is InChI=1S/C25H22F3N7O3/c26-14-3-13(4-15(27)5-14)16-6-18-23(29-1-2-35(18)34-16)30-20-7-17(32-33-20)22-21(28)19(11-37-22)38-24(36)31-25-8-12(9-25)10-25/h1-7,12,19,21-22H,8-11H2,(H,31,36)(H2,29,30,32,33)/t12?,19-,21+,22-,25?/m0/s1. The van der Waals surface area contributed by atoms with Crippen molar-refractivity contribution in [2.75, 3.05) is 11.9 Å². The number of rotatable bonds is 6. The Morgan fingerprint density at radius 1 is 1.16 bits per heavy atom. The molecule has 0 radical (unpaired) electrons. The molecule has 1 saturated heterocycles. The summed E-state index contributed by atoms with van der Waals surface area (Å²) in [5.74, 6) is -0.0113. The summed E-state index contributed by atoms with van der Waals surface area (Å²) in [6.45, 7) is -0.0726. The van der Waals surface area contributed by atoms with Crippen molar-refractivity contribution in [2.45, 2.75) is 43.2 Å². The number of aromatic nitrogens is 5. The minimum atomic E-state index is -1.58. The number of benzene rings is 1. The molecule has 4 aliphatic rings. The number of anilines is 2. The number of nitrogens with one attached hydrogen (secondary N) is 3. The Hall–Kier alpha value is -4.13. The summed E-state index contributed by atoms with van der Waals surface area (Å²) in [6.07, 6.45) is 1.77. The molecule has 3 N–H and O–H groups in total. The van der Waals surface area contributed by atoms with Crippen molar-refractivity contribution in [1.82, 2.24) is 30.1 Å². The lowest BCUT2D eigenvalue weighted by Gasteiger charge is -2.61. The van der Waals surface area contributed by atoms with Crippen LogP contribution in [0.2, 0.25) is 0 Å². The minimum absolute atomic E-state index is 0.0726. The topological polar surface area (TPSA) is 118 Å². The Bertz CT molecular complexity index is 1520. The Labute approximate surface area is 213 Å². The van der Waals surface area contributed by atoms with Gasteiger partial charge in [-0.15, -0.1) is 0 Å². The summed E-state index contributed by atoms with van der Waals surface area (Å²) in [5.41, 5.74) is 1.37. The van der Waals surface area contributed by atoms with Gasteiger partial charge in [0.15, 0.2) is 23.9 Å². The number of nitrogens with zero attached hydrogens (tertiary/aromatic N) is 4. The van der Waals surface area contributed by atoms with Crippen LogP contribution in [0.15, 0.2) is 42.7 Å². The number of hydrogen-bond acceptors (Lipinski definition) is 7. The van der Waals surface area contributed by atoms with Gasteiger partial charge in [-0.2, -0.15) is 10.2 Å². The molecular weight excluding hydrogens is 503 g/mol. The van der Waals surface area contributed by atoms with E-state index in [1.54, 1.807) is 18.3 Å². The maximum atomic E-state index is 15.1. The number of amides is 1. The number of H-pyrrole nitrogens is 1. The summed E-state index contributed by atoms with van der Waals surface area (Å²) in [7, 11) is 0. The zero-order chi connectivity index (χ0) is 26.0. The fraction of sp³-hybridized carbons (Fsp3) is 0.360. The van der Waals surface area contributed by atoms with Crippen LogP contribution >= 0.6 is 0 Å². The molecule has 13 heteroatoms. The zero-order valence-corrected chi connectivity index (χ0v) is 19.8. The summed E-state index contributed by atoms with van der Waals surface area (Å²) in [4.78, 5) is 16.5. The van der Waals surface area contributed by atoms with Crippen LogP contribution in [0.25, 0.3) is 16.8 Å². The lowest BCUT2D eigenvalue weighted by Crippen LogP contribution is -2.68. The number of alkyl carbamates (subject to hydrolysis) is 1. The smallest absolute Gasteiger partial charge is 0.408 e. The highest BCUT2D eigenvalue weighted by molar-refractivity contribution is 5.77. The predicted molar refractivity (Wildman–Crippen MR) is 127 cm³/mol. The predicted octanol–water partition coefficient (Wildman–Crippen LogP) is 4.20. The van der Waals surface area contributed by atoms with E-state index in [0.717, 1.165) is 25.3 Å². The van der Waals surface area contributed by atoms with Gasteiger partial charge in [-0.3, -0.25) is 5.10 Å². The van der Waals surface area contributed by atoms with Crippen LogP contribution in [0.4, 0.5) is 29.6 Å². The third-order valence-electron chi connectivity index (χ3n) is 7.45. The highest BCUT2D eigenvalue weighted by Crippen LogP contribution is 2.57. The van der Waals surface area contributed by atoms with Crippen LogP contribution in [0.3, 0.4) is 0 Å². The highest BCUT2D eigenvalue weighted by Gasteiger charge is 2.58. The molecule has 4 heterocycles. The molecule has 8 rings (SSSR count). The number of aromatic amines is 1. The third-order valence-corrected chi connectivity index (χ3v) is 7.45. The van der Waals surface area contributed by atoms with E-state index in [1.807, 2.05) is 0 Å². The maximum absolute atomic E-state index is 15.1. The third kappa shape index (κ3) is 3.93. The van der Waals surface area contributed by atoms with Gasteiger partial charge in [-0.05, 0) is 43.4 Å². The van der Waals surface area contributed by atoms with Crippen LogP contribution in [0, 0.1) is 17.6 Å². The average molecular weight is 525 g/mol. The second-order valence-corrected chi connectivity index (χ2v) is 10.2. The fourth-order valence-electron chi connectivity index (χ4n) is 5.48.